The zero-order valence-corrected chi connectivity index (χ0v) is 8.26. The van der Waals surface area contributed by atoms with Crippen molar-refractivity contribution in [3.05, 3.63) is 29.3 Å². The van der Waals surface area contributed by atoms with E-state index >= 15 is 0 Å². The molecule has 0 heterocycles. The van der Waals surface area contributed by atoms with Crippen LogP contribution in [0.15, 0.2) is 18.2 Å². The predicted molar refractivity (Wildman–Crippen MR) is 48.0 cm³/mol. The van der Waals surface area contributed by atoms with E-state index in [1.807, 2.05) is 19.1 Å². The standard InChI is InChI=1S/C10H14O.Li.H/c1-7(2)9-5-4-8(3)6-10(9)11;;/h4-7,11H,1-3H3;;/q;+1;-1. The molecule has 0 aliphatic carbocycles. The monoisotopic (exact) mass is 158 g/mol. The molecule has 2 heteroatoms. The van der Waals surface area contributed by atoms with Crippen molar-refractivity contribution in [2.24, 2.45) is 0 Å². The number of hydrogen-bond donors (Lipinski definition) is 1. The van der Waals surface area contributed by atoms with Crippen LogP contribution in [0.5, 0.6) is 5.75 Å². The van der Waals surface area contributed by atoms with Crippen molar-refractivity contribution in [1.82, 2.24) is 0 Å². The van der Waals surface area contributed by atoms with Crippen LogP contribution in [0.2, 0.25) is 0 Å². The molecule has 12 heavy (non-hydrogen) atoms. The second kappa shape index (κ2) is 4.60. The third-order valence-electron chi connectivity index (χ3n) is 1.81. The van der Waals surface area contributed by atoms with Gasteiger partial charge in [-0.05, 0) is 30.0 Å². The molecule has 1 aromatic rings. The van der Waals surface area contributed by atoms with Crippen LogP contribution in [0.3, 0.4) is 0 Å². The Labute approximate surface area is 87.5 Å². The molecular weight excluding hydrogens is 143 g/mol. The van der Waals surface area contributed by atoms with E-state index in [9.17, 15) is 5.11 Å². The van der Waals surface area contributed by atoms with Crippen LogP contribution in [0, 0.1) is 6.92 Å². The molecule has 0 bridgehead atoms. The van der Waals surface area contributed by atoms with Crippen LogP contribution in [0.4, 0.5) is 0 Å². The Morgan fingerprint density at radius 1 is 1.33 bits per heavy atom. The maximum absolute atomic E-state index is 9.46. The topological polar surface area (TPSA) is 20.2 Å². The van der Waals surface area contributed by atoms with Crippen molar-refractivity contribution in [2.75, 3.05) is 0 Å². The number of rotatable bonds is 1. The van der Waals surface area contributed by atoms with Gasteiger partial charge in [0.2, 0.25) is 0 Å². The number of phenolic OH excluding ortho intramolecular Hbond substituents is 1. The summed E-state index contributed by atoms with van der Waals surface area (Å²) >= 11 is 0. The predicted octanol–water partition coefficient (Wildman–Crippen LogP) is -0.0595. The number of aryl methyl sites for hydroxylation is 1. The first kappa shape index (κ1) is 11.6. The number of phenols is 1. The molecule has 1 nitrogen and oxygen atoms in total. The maximum Gasteiger partial charge on any atom is 1.00 e. The van der Waals surface area contributed by atoms with Gasteiger partial charge in [-0.1, -0.05) is 26.0 Å². The molecule has 0 aliphatic heterocycles. The van der Waals surface area contributed by atoms with Gasteiger partial charge in [-0.3, -0.25) is 0 Å². The molecule has 0 saturated heterocycles. The Bertz CT molecular complexity index is 261. The van der Waals surface area contributed by atoms with Crippen molar-refractivity contribution >= 4 is 0 Å². The van der Waals surface area contributed by atoms with E-state index in [2.05, 4.69) is 13.8 Å². The summed E-state index contributed by atoms with van der Waals surface area (Å²) in [5, 5.41) is 9.46. The summed E-state index contributed by atoms with van der Waals surface area (Å²) in [6.45, 7) is 6.12. The molecule has 0 spiro atoms. The Morgan fingerprint density at radius 3 is 2.33 bits per heavy atom. The molecule has 1 aromatic carbocycles. The summed E-state index contributed by atoms with van der Waals surface area (Å²) in [5.74, 6) is 0.815. The average molecular weight is 158 g/mol. The SMILES string of the molecule is Cc1ccc(C(C)C)c(O)c1.[H-].[Li+]. The smallest absolute Gasteiger partial charge is 1.00 e. The summed E-state index contributed by atoms with van der Waals surface area (Å²) in [4.78, 5) is 0. The van der Waals surface area contributed by atoms with E-state index in [0.717, 1.165) is 11.1 Å². The molecule has 0 aromatic heterocycles. The molecule has 62 valence electrons. The molecule has 0 radical (unpaired) electrons. The van der Waals surface area contributed by atoms with Crippen molar-refractivity contribution in [3.8, 4) is 5.75 Å². The van der Waals surface area contributed by atoms with Gasteiger partial charge in [0.05, 0.1) is 0 Å². The van der Waals surface area contributed by atoms with E-state index in [0.29, 0.717) is 11.7 Å². The zero-order chi connectivity index (χ0) is 8.43. The number of aromatic hydroxyl groups is 1. The number of benzene rings is 1. The minimum absolute atomic E-state index is 0. The first-order chi connectivity index (χ1) is 5.11. The van der Waals surface area contributed by atoms with Gasteiger partial charge < -0.3 is 6.53 Å². The second-order valence-electron chi connectivity index (χ2n) is 3.22. The maximum atomic E-state index is 9.46. The largest absolute Gasteiger partial charge is 1.00 e. The Hall–Kier alpha value is -0.383. The molecule has 0 saturated carbocycles. The zero-order valence-electron chi connectivity index (χ0n) is 9.26. The molecule has 0 unspecified atom stereocenters. The van der Waals surface area contributed by atoms with Gasteiger partial charge in [0.15, 0.2) is 0 Å². The van der Waals surface area contributed by atoms with E-state index in [1.54, 1.807) is 6.07 Å². The second-order valence-corrected chi connectivity index (χ2v) is 3.22. The van der Waals surface area contributed by atoms with Gasteiger partial charge in [-0.25, -0.2) is 0 Å². The fourth-order valence-electron chi connectivity index (χ4n) is 1.14. The summed E-state index contributed by atoms with van der Waals surface area (Å²) < 4.78 is 0. The summed E-state index contributed by atoms with van der Waals surface area (Å²) in [5.41, 5.74) is 2.13. The van der Waals surface area contributed by atoms with Gasteiger partial charge in [0.25, 0.3) is 0 Å². The summed E-state index contributed by atoms with van der Waals surface area (Å²) in [6.07, 6.45) is 0. The average Bonchev–Trinajstić information content (AvgIpc) is 1.85. The van der Waals surface area contributed by atoms with Gasteiger partial charge >= 0.3 is 18.9 Å². The fourth-order valence-corrected chi connectivity index (χ4v) is 1.14. The third-order valence-corrected chi connectivity index (χ3v) is 1.81. The molecule has 0 amide bonds. The Balaban J connectivity index is 0. The van der Waals surface area contributed by atoms with Crippen LogP contribution >= 0.6 is 0 Å². The first-order valence-electron chi connectivity index (χ1n) is 3.91. The minimum Gasteiger partial charge on any atom is -1.00 e. The minimum atomic E-state index is 0. The van der Waals surface area contributed by atoms with Crippen molar-refractivity contribution in [3.63, 3.8) is 0 Å². The van der Waals surface area contributed by atoms with Crippen LogP contribution in [-0.4, -0.2) is 5.11 Å². The Kier molecular flexibility index (Phi) is 4.45. The quantitative estimate of drug-likeness (QED) is 0.568. The summed E-state index contributed by atoms with van der Waals surface area (Å²) in [6, 6.07) is 5.81. The van der Waals surface area contributed by atoms with E-state index in [-0.39, 0.29) is 20.3 Å². The van der Waals surface area contributed by atoms with Gasteiger partial charge in [-0.2, -0.15) is 0 Å². The van der Waals surface area contributed by atoms with Gasteiger partial charge in [0.1, 0.15) is 5.75 Å². The van der Waals surface area contributed by atoms with Crippen molar-refractivity contribution in [2.45, 2.75) is 26.7 Å². The van der Waals surface area contributed by atoms with Crippen LogP contribution in [0.25, 0.3) is 0 Å². The fraction of sp³-hybridized carbons (Fsp3) is 0.400. The number of hydrogen-bond acceptors (Lipinski definition) is 1. The molecule has 1 rings (SSSR count). The summed E-state index contributed by atoms with van der Waals surface area (Å²) in [7, 11) is 0. The molecule has 0 fully saturated rings. The van der Waals surface area contributed by atoms with Crippen LogP contribution < -0.4 is 18.9 Å². The third kappa shape index (κ3) is 2.59. The van der Waals surface area contributed by atoms with E-state index in [1.165, 1.54) is 0 Å². The van der Waals surface area contributed by atoms with Crippen LogP contribution in [-0.2, 0) is 0 Å². The van der Waals surface area contributed by atoms with Crippen molar-refractivity contribution < 1.29 is 25.4 Å². The molecule has 1 N–H and O–H groups in total. The molecule has 0 atom stereocenters. The van der Waals surface area contributed by atoms with Crippen molar-refractivity contribution in [1.29, 1.82) is 0 Å². The first-order valence-corrected chi connectivity index (χ1v) is 3.91. The van der Waals surface area contributed by atoms with Crippen LogP contribution in [0.1, 0.15) is 32.3 Å². The van der Waals surface area contributed by atoms with Gasteiger partial charge in [-0.15, -0.1) is 0 Å². The normalized spacial score (nSPS) is 9.67. The molecular formula is C10H15LiO. The van der Waals surface area contributed by atoms with E-state index < -0.39 is 0 Å². The van der Waals surface area contributed by atoms with Gasteiger partial charge in [0, 0.05) is 0 Å². The molecule has 0 aliphatic rings. The van der Waals surface area contributed by atoms with E-state index in [4.69, 9.17) is 0 Å². The Morgan fingerprint density at radius 2 is 1.92 bits per heavy atom.